The van der Waals surface area contributed by atoms with Crippen LogP contribution in [-0.2, 0) is 10.3 Å². The largest absolute Gasteiger partial charge is 0.422 e. The van der Waals surface area contributed by atoms with Gasteiger partial charge in [-0.3, -0.25) is 4.99 Å². The van der Waals surface area contributed by atoms with E-state index in [4.69, 9.17) is 11.6 Å². The van der Waals surface area contributed by atoms with Gasteiger partial charge in [-0.05, 0) is 24.3 Å². The van der Waals surface area contributed by atoms with Gasteiger partial charge in [0.1, 0.15) is 12.8 Å². The highest BCUT2D eigenvalue weighted by Gasteiger charge is 2.66. The first kappa shape index (κ1) is 18.1. The number of alkyl halides is 6. The molecular formula is C15H11ClF6N2O. The molecule has 0 amide bonds. The van der Waals surface area contributed by atoms with E-state index in [9.17, 15) is 26.3 Å². The number of allylic oxidation sites excluding steroid dienone is 1. The van der Waals surface area contributed by atoms with E-state index in [2.05, 4.69) is 15.0 Å². The van der Waals surface area contributed by atoms with Crippen molar-refractivity contribution in [2.45, 2.75) is 24.1 Å². The Kier molecular flexibility index (Phi) is 4.27. The van der Waals surface area contributed by atoms with Gasteiger partial charge in [0.15, 0.2) is 0 Å². The highest BCUT2D eigenvalue weighted by molar-refractivity contribution is 6.30. The van der Waals surface area contributed by atoms with Crippen molar-refractivity contribution in [1.82, 2.24) is 0 Å². The lowest BCUT2D eigenvalue weighted by Gasteiger charge is -2.48. The van der Waals surface area contributed by atoms with Crippen LogP contribution < -0.4 is 5.32 Å². The van der Waals surface area contributed by atoms with E-state index in [1.807, 2.05) is 0 Å². The molecule has 1 N–H and O–H groups in total. The lowest BCUT2D eigenvalue weighted by molar-refractivity contribution is -0.324. The maximum atomic E-state index is 14.1. The molecule has 3 rings (SSSR count). The predicted molar refractivity (Wildman–Crippen MR) is 79.7 cm³/mol. The molecule has 0 saturated heterocycles. The zero-order valence-corrected chi connectivity index (χ0v) is 13.1. The number of fused-ring (bicyclic) bond motifs is 2. The van der Waals surface area contributed by atoms with Gasteiger partial charge in [-0.25, -0.2) is 0 Å². The van der Waals surface area contributed by atoms with Gasteiger partial charge in [-0.15, -0.1) is 0 Å². The number of dihydropyridines is 1. The summed E-state index contributed by atoms with van der Waals surface area (Å²) in [7, 11) is 0. The van der Waals surface area contributed by atoms with Gasteiger partial charge < -0.3 is 10.1 Å². The molecule has 136 valence electrons. The highest BCUT2D eigenvalue weighted by atomic mass is 35.5. The van der Waals surface area contributed by atoms with Crippen LogP contribution in [0.2, 0.25) is 5.02 Å². The molecule has 0 radical (unpaired) electrons. The summed E-state index contributed by atoms with van der Waals surface area (Å²) in [6.45, 7) is -2.06. The molecule has 0 fully saturated rings. The zero-order valence-electron chi connectivity index (χ0n) is 12.3. The summed E-state index contributed by atoms with van der Waals surface area (Å²) in [6, 6.07) is 3.57. The van der Waals surface area contributed by atoms with Crippen LogP contribution >= 0.6 is 11.6 Å². The molecule has 3 nitrogen and oxygen atoms in total. The second-order valence-electron chi connectivity index (χ2n) is 5.63. The third-order valence-corrected chi connectivity index (χ3v) is 4.27. The Labute approximate surface area is 143 Å². The maximum absolute atomic E-state index is 14.1. The molecular weight excluding hydrogens is 374 g/mol. The molecule has 10 heteroatoms. The van der Waals surface area contributed by atoms with Gasteiger partial charge in [0.2, 0.25) is 5.60 Å². The number of halogens is 7. The summed E-state index contributed by atoms with van der Waals surface area (Å²) in [5.41, 5.74) is -3.76. The summed E-state index contributed by atoms with van der Waals surface area (Å²) < 4.78 is 84.9. The van der Waals surface area contributed by atoms with Crippen molar-refractivity contribution in [2.24, 2.45) is 10.9 Å². The molecule has 2 heterocycles. The second kappa shape index (κ2) is 5.91. The van der Waals surface area contributed by atoms with Crippen LogP contribution in [0.3, 0.4) is 0 Å². The molecule has 0 bridgehead atoms. The number of rotatable bonds is 2. The fraction of sp³-hybridized carbons (Fsp3) is 0.400. The van der Waals surface area contributed by atoms with Crippen LogP contribution in [0.4, 0.5) is 32.0 Å². The van der Waals surface area contributed by atoms with Gasteiger partial charge in [0.05, 0.1) is 5.92 Å². The number of hydrogen-bond donors (Lipinski definition) is 1. The molecule has 0 aliphatic carbocycles. The minimum atomic E-state index is -5.14. The molecule has 25 heavy (non-hydrogen) atoms. The summed E-state index contributed by atoms with van der Waals surface area (Å²) in [4.78, 5) is 3.91. The second-order valence-corrected chi connectivity index (χ2v) is 6.06. The molecule has 3 atom stereocenters. The topological polar surface area (TPSA) is 33.6 Å². The Morgan fingerprint density at radius 2 is 1.92 bits per heavy atom. The monoisotopic (exact) mass is 384 g/mol. The predicted octanol–water partition coefficient (Wildman–Crippen LogP) is 4.68. The van der Waals surface area contributed by atoms with Gasteiger partial charge in [-0.2, -0.15) is 26.3 Å². The number of nitrogens with zero attached hydrogens (tertiary/aromatic N) is 1. The van der Waals surface area contributed by atoms with Crippen LogP contribution in [0.1, 0.15) is 5.56 Å². The fourth-order valence-corrected chi connectivity index (χ4v) is 3.25. The van der Waals surface area contributed by atoms with E-state index < -0.39 is 42.2 Å². The number of anilines is 1. The Morgan fingerprint density at radius 1 is 1.20 bits per heavy atom. The van der Waals surface area contributed by atoms with E-state index >= 15 is 0 Å². The number of ether oxygens (including phenoxy) is 1. The summed E-state index contributed by atoms with van der Waals surface area (Å²) in [5, 5.41) is 2.73. The van der Waals surface area contributed by atoms with Crippen molar-refractivity contribution in [3.63, 3.8) is 0 Å². The zero-order chi connectivity index (χ0) is 18.5. The first-order valence-corrected chi connectivity index (χ1v) is 7.46. The van der Waals surface area contributed by atoms with E-state index in [0.717, 1.165) is 12.1 Å². The average molecular weight is 385 g/mol. The molecule has 1 aromatic rings. The maximum Gasteiger partial charge on any atom is 0.422 e. The molecule has 2 aliphatic rings. The fourth-order valence-electron chi connectivity index (χ4n) is 3.08. The lowest BCUT2D eigenvalue weighted by Crippen LogP contribution is -2.59. The lowest BCUT2D eigenvalue weighted by atomic mass is 9.74. The van der Waals surface area contributed by atoms with E-state index in [0.29, 0.717) is 0 Å². The minimum absolute atomic E-state index is 0.0300. The Bertz CT molecular complexity index is 730. The van der Waals surface area contributed by atoms with Crippen molar-refractivity contribution in [1.29, 1.82) is 0 Å². The van der Waals surface area contributed by atoms with Crippen LogP contribution in [-0.4, -0.2) is 31.3 Å². The van der Waals surface area contributed by atoms with Gasteiger partial charge in [-0.1, -0.05) is 17.7 Å². The molecule has 2 aliphatic heterocycles. The van der Waals surface area contributed by atoms with Crippen molar-refractivity contribution < 1.29 is 31.1 Å². The summed E-state index contributed by atoms with van der Waals surface area (Å²) in [6.07, 6.45) is -7.53. The first-order valence-electron chi connectivity index (χ1n) is 7.08. The highest BCUT2D eigenvalue weighted by Crippen LogP contribution is 2.55. The molecule has 1 aromatic carbocycles. The normalized spacial score (nSPS) is 28.3. The van der Waals surface area contributed by atoms with Crippen molar-refractivity contribution in [3.8, 4) is 0 Å². The third-order valence-electron chi connectivity index (χ3n) is 4.03. The Morgan fingerprint density at radius 3 is 2.56 bits per heavy atom. The molecule has 0 saturated carbocycles. The standard InChI is InChI=1S/C15H11ClF6N2O/c16-8-3-4-11-10(6-8)14(15(20,21)22,25-7-13(17,18)19)9-2-1-5-23-12(9)24-11/h1-6,9,12,24H,7H2. The van der Waals surface area contributed by atoms with Crippen molar-refractivity contribution in [2.75, 3.05) is 11.9 Å². The molecule has 0 spiro atoms. The van der Waals surface area contributed by atoms with Crippen LogP contribution in [0.5, 0.6) is 0 Å². The van der Waals surface area contributed by atoms with E-state index in [-0.39, 0.29) is 10.7 Å². The number of hydrogen-bond acceptors (Lipinski definition) is 3. The molecule has 0 aromatic heterocycles. The van der Waals surface area contributed by atoms with Crippen LogP contribution in [0.15, 0.2) is 35.3 Å². The average Bonchev–Trinajstić information content (AvgIpc) is 2.49. The number of benzene rings is 1. The quantitative estimate of drug-likeness (QED) is 0.751. The van der Waals surface area contributed by atoms with Gasteiger partial charge >= 0.3 is 12.4 Å². The summed E-state index contributed by atoms with van der Waals surface area (Å²) >= 11 is 5.80. The third kappa shape index (κ3) is 3.10. The number of aliphatic imine (C=N–C) groups is 1. The van der Waals surface area contributed by atoms with E-state index in [1.165, 1.54) is 24.4 Å². The Hall–Kier alpha value is -1.74. The Balaban J connectivity index is 2.22. The smallest absolute Gasteiger partial charge is 0.363 e. The first-order chi connectivity index (χ1) is 11.5. The minimum Gasteiger partial charge on any atom is -0.363 e. The van der Waals surface area contributed by atoms with Crippen LogP contribution in [0, 0.1) is 5.92 Å². The van der Waals surface area contributed by atoms with Gasteiger partial charge in [0, 0.05) is 22.5 Å². The van der Waals surface area contributed by atoms with Crippen molar-refractivity contribution in [3.05, 3.63) is 40.9 Å². The summed E-state index contributed by atoms with van der Waals surface area (Å²) in [5.74, 6) is -1.52. The molecule has 3 unspecified atom stereocenters. The van der Waals surface area contributed by atoms with Crippen molar-refractivity contribution >= 4 is 23.5 Å². The number of nitrogens with one attached hydrogen (secondary N) is 1. The van der Waals surface area contributed by atoms with Gasteiger partial charge in [0.25, 0.3) is 0 Å². The SMILES string of the molecule is FC(F)(F)COC1(C(F)(F)F)c2cc(Cl)ccc2NC2N=CC=CC21. The van der Waals surface area contributed by atoms with E-state index in [1.54, 1.807) is 0 Å². The van der Waals surface area contributed by atoms with Crippen LogP contribution in [0.25, 0.3) is 0 Å².